The molecule has 1 aliphatic rings. The van der Waals surface area contributed by atoms with Crippen LogP contribution in [0.1, 0.15) is 38.2 Å². The zero-order valence-electron chi connectivity index (χ0n) is 11.1. The van der Waals surface area contributed by atoms with Gasteiger partial charge in [-0.3, -0.25) is 4.79 Å². The molecule has 1 aliphatic carbocycles. The first-order valence-corrected chi connectivity index (χ1v) is 6.53. The second-order valence-electron chi connectivity index (χ2n) is 5.48. The Balaban J connectivity index is 2.10. The molecule has 1 aromatic heterocycles. The number of carbonyl (C=O) groups excluding carboxylic acids is 1. The van der Waals surface area contributed by atoms with Crippen molar-refractivity contribution in [1.82, 2.24) is 4.98 Å². The highest BCUT2D eigenvalue weighted by Gasteiger charge is 2.38. The molecule has 0 aliphatic heterocycles. The lowest BCUT2D eigenvalue weighted by Crippen LogP contribution is -2.53. The molecular weight excluding hydrogens is 226 g/mol. The molecule has 98 valence electrons. The lowest BCUT2D eigenvalue weighted by atomic mass is 9.76. The number of nitrogens with zero attached hydrogens (tertiary/aromatic N) is 1. The Morgan fingerprint density at radius 3 is 3.06 bits per heavy atom. The molecule has 3 N–H and O–H groups in total. The fourth-order valence-corrected chi connectivity index (χ4v) is 2.65. The normalized spacial score (nSPS) is 27.8. The van der Waals surface area contributed by atoms with Gasteiger partial charge in [0.05, 0.1) is 5.54 Å². The fraction of sp³-hybridized carbons (Fsp3) is 0.571. The Labute approximate surface area is 108 Å². The van der Waals surface area contributed by atoms with Crippen molar-refractivity contribution >= 4 is 11.7 Å². The molecule has 4 nitrogen and oxygen atoms in total. The summed E-state index contributed by atoms with van der Waals surface area (Å²) < 4.78 is 0. The summed E-state index contributed by atoms with van der Waals surface area (Å²) in [6.45, 7) is 4.08. The molecule has 2 unspecified atom stereocenters. The van der Waals surface area contributed by atoms with Gasteiger partial charge in [-0.2, -0.15) is 0 Å². The molecule has 2 atom stereocenters. The van der Waals surface area contributed by atoms with Gasteiger partial charge in [0.1, 0.15) is 5.82 Å². The third-order valence-corrected chi connectivity index (χ3v) is 3.73. The summed E-state index contributed by atoms with van der Waals surface area (Å²) in [5, 5.41) is 2.87. The van der Waals surface area contributed by atoms with Crippen molar-refractivity contribution < 1.29 is 4.79 Å². The first-order valence-electron chi connectivity index (χ1n) is 6.53. The van der Waals surface area contributed by atoms with E-state index in [1.807, 2.05) is 19.1 Å². The van der Waals surface area contributed by atoms with Crippen molar-refractivity contribution in [2.24, 2.45) is 11.7 Å². The van der Waals surface area contributed by atoms with Crippen LogP contribution in [0.3, 0.4) is 0 Å². The summed E-state index contributed by atoms with van der Waals surface area (Å²) in [5.41, 5.74) is 6.47. The molecule has 1 fully saturated rings. The minimum absolute atomic E-state index is 0.101. The second kappa shape index (κ2) is 5.06. The molecule has 0 spiro atoms. The van der Waals surface area contributed by atoms with Crippen LogP contribution >= 0.6 is 0 Å². The molecule has 18 heavy (non-hydrogen) atoms. The quantitative estimate of drug-likeness (QED) is 0.842. The van der Waals surface area contributed by atoms with Crippen molar-refractivity contribution in [3.63, 3.8) is 0 Å². The second-order valence-corrected chi connectivity index (χ2v) is 5.48. The van der Waals surface area contributed by atoms with Crippen LogP contribution in [0.5, 0.6) is 0 Å². The van der Waals surface area contributed by atoms with Gasteiger partial charge < -0.3 is 11.1 Å². The largest absolute Gasteiger partial charge is 0.317 e. The lowest BCUT2D eigenvalue weighted by Gasteiger charge is -2.35. The molecule has 0 aromatic carbocycles. The third kappa shape index (κ3) is 2.70. The number of pyridine rings is 1. The monoisotopic (exact) mass is 247 g/mol. The average Bonchev–Trinajstić information content (AvgIpc) is 2.31. The van der Waals surface area contributed by atoms with E-state index in [0.29, 0.717) is 11.7 Å². The predicted octanol–water partition coefficient (Wildman–Crippen LogP) is 2.24. The highest BCUT2D eigenvalue weighted by Crippen LogP contribution is 2.31. The number of carbonyl (C=O) groups is 1. The third-order valence-electron chi connectivity index (χ3n) is 3.73. The van der Waals surface area contributed by atoms with Crippen LogP contribution in [0.25, 0.3) is 0 Å². The van der Waals surface area contributed by atoms with Crippen molar-refractivity contribution in [2.45, 2.75) is 45.1 Å². The van der Waals surface area contributed by atoms with Crippen molar-refractivity contribution in [3.8, 4) is 0 Å². The molecule has 1 aromatic rings. The average molecular weight is 247 g/mol. The summed E-state index contributed by atoms with van der Waals surface area (Å²) in [4.78, 5) is 16.5. The van der Waals surface area contributed by atoms with Crippen molar-refractivity contribution in [1.29, 1.82) is 0 Å². The summed E-state index contributed by atoms with van der Waals surface area (Å²) in [6, 6.07) is 3.78. The zero-order chi connectivity index (χ0) is 13.2. The molecule has 4 heteroatoms. The predicted molar refractivity (Wildman–Crippen MR) is 72.2 cm³/mol. The van der Waals surface area contributed by atoms with Gasteiger partial charge in [-0.15, -0.1) is 0 Å². The van der Waals surface area contributed by atoms with Gasteiger partial charge >= 0.3 is 0 Å². The van der Waals surface area contributed by atoms with Gasteiger partial charge in [-0.25, -0.2) is 4.98 Å². The van der Waals surface area contributed by atoms with Crippen LogP contribution in [-0.2, 0) is 4.79 Å². The molecule has 0 bridgehead atoms. The van der Waals surface area contributed by atoms with Crippen molar-refractivity contribution in [2.75, 3.05) is 5.32 Å². The number of nitrogens with one attached hydrogen (secondary N) is 1. The van der Waals surface area contributed by atoms with E-state index in [2.05, 4.69) is 17.2 Å². The van der Waals surface area contributed by atoms with Crippen LogP contribution in [0.4, 0.5) is 5.82 Å². The van der Waals surface area contributed by atoms with Crippen LogP contribution in [0.15, 0.2) is 18.3 Å². The minimum atomic E-state index is -0.734. The maximum Gasteiger partial charge on any atom is 0.245 e. The Morgan fingerprint density at radius 2 is 2.39 bits per heavy atom. The smallest absolute Gasteiger partial charge is 0.245 e. The number of aromatic nitrogens is 1. The number of anilines is 1. The maximum absolute atomic E-state index is 12.3. The van der Waals surface area contributed by atoms with Crippen LogP contribution < -0.4 is 11.1 Å². The summed E-state index contributed by atoms with van der Waals surface area (Å²) in [7, 11) is 0. The Morgan fingerprint density at radius 1 is 1.61 bits per heavy atom. The molecular formula is C14H21N3O. The van der Waals surface area contributed by atoms with Crippen LogP contribution in [0, 0.1) is 12.8 Å². The first-order chi connectivity index (χ1) is 8.51. The molecule has 1 saturated carbocycles. The first kappa shape index (κ1) is 13.0. The molecule has 1 amide bonds. The van der Waals surface area contributed by atoms with Crippen LogP contribution in [-0.4, -0.2) is 16.4 Å². The minimum Gasteiger partial charge on any atom is -0.317 e. The zero-order valence-corrected chi connectivity index (χ0v) is 11.1. The Kier molecular flexibility index (Phi) is 3.66. The van der Waals surface area contributed by atoms with E-state index in [4.69, 9.17) is 5.73 Å². The summed E-state index contributed by atoms with van der Waals surface area (Å²) in [5.74, 6) is 1.03. The topological polar surface area (TPSA) is 68.0 Å². The van der Waals surface area contributed by atoms with E-state index in [1.165, 1.54) is 0 Å². The lowest BCUT2D eigenvalue weighted by molar-refractivity contribution is -0.122. The SMILES string of the molecule is Cc1cccnc1NC(=O)C1(N)CCCC(C)C1. The van der Waals surface area contributed by atoms with Gasteiger partial charge in [-0.05, 0) is 37.3 Å². The Bertz CT molecular complexity index is 446. The summed E-state index contributed by atoms with van der Waals surface area (Å²) >= 11 is 0. The number of aryl methyl sites for hydroxylation is 1. The number of amides is 1. The molecule has 0 radical (unpaired) electrons. The molecule has 0 saturated heterocycles. The standard InChI is InChI=1S/C14H21N3O/c1-10-5-3-7-14(15,9-10)13(18)17-12-11(2)6-4-8-16-12/h4,6,8,10H,3,5,7,9,15H2,1-2H3,(H,16,17,18). The summed E-state index contributed by atoms with van der Waals surface area (Å²) in [6.07, 6.45) is 5.37. The maximum atomic E-state index is 12.3. The number of hydrogen-bond donors (Lipinski definition) is 2. The van der Waals surface area contributed by atoms with Gasteiger partial charge in [0, 0.05) is 6.20 Å². The van der Waals surface area contributed by atoms with Gasteiger partial charge in [0.25, 0.3) is 0 Å². The highest BCUT2D eigenvalue weighted by atomic mass is 16.2. The number of hydrogen-bond acceptors (Lipinski definition) is 3. The van der Waals surface area contributed by atoms with Crippen molar-refractivity contribution in [3.05, 3.63) is 23.9 Å². The van der Waals surface area contributed by atoms with Gasteiger partial charge in [0.2, 0.25) is 5.91 Å². The van der Waals surface area contributed by atoms with E-state index in [-0.39, 0.29) is 5.91 Å². The highest BCUT2D eigenvalue weighted by molar-refractivity contribution is 5.97. The number of rotatable bonds is 2. The molecule has 2 rings (SSSR count). The molecule has 1 heterocycles. The van der Waals surface area contributed by atoms with E-state index in [1.54, 1.807) is 6.20 Å². The number of nitrogens with two attached hydrogens (primary N) is 1. The van der Waals surface area contributed by atoms with E-state index in [9.17, 15) is 4.79 Å². The van der Waals surface area contributed by atoms with Gasteiger partial charge in [0.15, 0.2) is 0 Å². The van der Waals surface area contributed by atoms with Crippen LogP contribution in [0.2, 0.25) is 0 Å². The van der Waals surface area contributed by atoms with E-state index >= 15 is 0 Å². The van der Waals surface area contributed by atoms with Gasteiger partial charge in [-0.1, -0.05) is 25.8 Å². The van der Waals surface area contributed by atoms with E-state index < -0.39 is 5.54 Å². The van der Waals surface area contributed by atoms with E-state index in [0.717, 1.165) is 31.2 Å². The Hall–Kier alpha value is -1.42. The fourth-order valence-electron chi connectivity index (χ4n) is 2.65.